The predicted octanol–water partition coefficient (Wildman–Crippen LogP) is -0.351. The van der Waals surface area contributed by atoms with Gasteiger partial charge in [0.25, 0.3) is 0 Å². The maximum Gasteiger partial charge on any atom is 0.241 e. The van der Waals surface area contributed by atoms with Crippen LogP contribution in [0.1, 0.15) is 25.7 Å². The molecule has 3 heterocycles. The number of piperidine rings is 1. The summed E-state index contributed by atoms with van der Waals surface area (Å²) in [5.41, 5.74) is 0.0505. The first-order valence-electron chi connectivity index (χ1n) is 8.88. The molecular weight excluding hydrogens is 328 g/mol. The number of amides is 1. The van der Waals surface area contributed by atoms with E-state index in [4.69, 9.17) is 0 Å². The number of hydrogen-bond donors (Lipinski definition) is 0. The van der Waals surface area contributed by atoms with Gasteiger partial charge in [-0.05, 0) is 52.9 Å². The Morgan fingerprint density at radius 3 is 2.33 bits per heavy atom. The maximum absolute atomic E-state index is 13.0. The van der Waals surface area contributed by atoms with E-state index in [1.54, 1.807) is 0 Å². The van der Waals surface area contributed by atoms with E-state index >= 15 is 0 Å². The second kappa shape index (κ2) is 6.55. The van der Waals surface area contributed by atoms with Gasteiger partial charge in [-0.25, -0.2) is 8.42 Å². The van der Waals surface area contributed by atoms with Gasteiger partial charge in [0.05, 0.1) is 6.26 Å². The first-order valence-corrected chi connectivity index (χ1v) is 10.7. The highest BCUT2D eigenvalue weighted by molar-refractivity contribution is 7.88. The van der Waals surface area contributed by atoms with E-state index in [9.17, 15) is 13.2 Å². The number of rotatable bonds is 2. The van der Waals surface area contributed by atoms with Gasteiger partial charge in [0.15, 0.2) is 0 Å². The summed E-state index contributed by atoms with van der Waals surface area (Å²) >= 11 is 0. The molecule has 1 atom stereocenters. The molecule has 3 aliphatic rings. The van der Waals surface area contributed by atoms with Crippen molar-refractivity contribution in [3.8, 4) is 0 Å². The molecule has 138 valence electrons. The molecule has 1 amide bonds. The lowest BCUT2D eigenvalue weighted by Gasteiger charge is -2.53. The van der Waals surface area contributed by atoms with E-state index in [1.165, 1.54) is 10.6 Å². The summed E-state index contributed by atoms with van der Waals surface area (Å²) in [6.07, 6.45) is 4.75. The number of likely N-dealkylation sites (tertiary alicyclic amines) is 1. The molecule has 0 aromatic heterocycles. The van der Waals surface area contributed by atoms with Crippen molar-refractivity contribution >= 4 is 15.9 Å². The molecule has 24 heavy (non-hydrogen) atoms. The molecule has 3 fully saturated rings. The zero-order valence-electron chi connectivity index (χ0n) is 15.1. The fraction of sp³-hybridized carbons (Fsp3) is 0.938. The van der Waals surface area contributed by atoms with Crippen molar-refractivity contribution in [2.24, 2.45) is 0 Å². The Bertz CT molecular complexity index is 586. The van der Waals surface area contributed by atoms with Gasteiger partial charge in [-0.3, -0.25) is 9.69 Å². The zero-order valence-corrected chi connectivity index (χ0v) is 15.9. The maximum atomic E-state index is 13.0. The number of nitrogens with zero attached hydrogens (tertiary/aromatic N) is 4. The third-order valence-electron chi connectivity index (χ3n) is 6.14. The molecule has 0 aromatic carbocycles. The van der Waals surface area contributed by atoms with Gasteiger partial charge in [0.2, 0.25) is 15.9 Å². The summed E-state index contributed by atoms with van der Waals surface area (Å²) in [5, 5.41) is 0. The summed E-state index contributed by atoms with van der Waals surface area (Å²) in [4.78, 5) is 19.7. The van der Waals surface area contributed by atoms with Gasteiger partial charge >= 0.3 is 0 Å². The first-order chi connectivity index (χ1) is 11.2. The summed E-state index contributed by atoms with van der Waals surface area (Å²) < 4.78 is 25.3. The topological polar surface area (TPSA) is 64.2 Å². The molecule has 1 spiro atoms. The Morgan fingerprint density at radius 1 is 1.04 bits per heavy atom. The van der Waals surface area contributed by atoms with Crippen LogP contribution in [0.15, 0.2) is 0 Å². The van der Waals surface area contributed by atoms with Crippen molar-refractivity contribution in [3.05, 3.63) is 0 Å². The van der Waals surface area contributed by atoms with Crippen LogP contribution in [0.5, 0.6) is 0 Å². The monoisotopic (exact) mass is 358 g/mol. The van der Waals surface area contributed by atoms with Crippen LogP contribution in [0.2, 0.25) is 0 Å². The number of carbonyl (C=O) groups excluding carboxylic acids is 1. The highest BCUT2D eigenvalue weighted by Crippen LogP contribution is 2.32. The highest BCUT2D eigenvalue weighted by atomic mass is 32.2. The number of likely N-dealkylation sites (N-methyl/N-ethyl adjacent to an activating group) is 1. The van der Waals surface area contributed by atoms with Crippen molar-refractivity contribution in [1.29, 1.82) is 0 Å². The minimum Gasteiger partial charge on any atom is -0.338 e. The van der Waals surface area contributed by atoms with Gasteiger partial charge in [0, 0.05) is 31.7 Å². The summed E-state index contributed by atoms with van der Waals surface area (Å²) in [7, 11) is 0.980. The fourth-order valence-corrected chi connectivity index (χ4v) is 5.54. The van der Waals surface area contributed by atoms with Gasteiger partial charge < -0.3 is 9.80 Å². The molecule has 8 heteroatoms. The second-order valence-corrected chi connectivity index (χ2v) is 9.68. The van der Waals surface area contributed by atoms with Crippen LogP contribution >= 0.6 is 0 Å². The lowest BCUT2D eigenvalue weighted by Crippen LogP contribution is -2.66. The van der Waals surface area contributed by atoms with Crippen LogP contribution in [-0.2, 0) is 14.8 Å². The minimum atomic E-state index is -3.32. The Morgan fingerprint density at radius 2 is 1.71 bits per heavy atom. The third kappa shape index (κ3) is 3.34. The molecule has 7 nitrogen and oxygen atoms in total. The molecule has 0 aliphatic carbocycles. The second-order valence-electron chi connectivity index (χ2n) is 7.74. The van der Waals surface area contributed by atoms with E-state index in [1.807, 2.05) is 4.90 Å². The van der Waals surface area contributed by atoms with Crippen LogP contribution in [0.4, 0.5) is 0 Å². The smallest absolute Gasteiger partial charge is 0.241 e. The van der Waals surface area contributed by atoms with Crippen molar-refractivity contribution in [2.75, 3.05) is 59.6 Å². The molecule has 0 radical (unpaired) electrons. The average molecular weight is 359 g/mol. The molecule has 0 unspecified atom stereocenters. The van der Waals surface area contributed by atoms with Crippen LogP contribution < -0.4 is 0 Å². The lowest BCUT2D eigenvalue weighted by atomic mass is 9.83. The molecule has 0 N–H and O–H groups in total. The Labute approximate surface area is 145 Å². The highest BCUT2D eigenvalue weighted by Gasteiger charge is 2.45. The molecular formula is C16H30N4O3S. The summed E-state index contributed by atoms with van der Waals surface area (Å²) in [6.45, 7) is 4.85. The predicted molar refractivity (Wildman–Crippen MR) is 93.2 cm³/mol. The fourth-order valence-electron chi connectivity index (χ4n) is 4.42. The number of sulfonamides is 1. The quantitative estimate of drug-likeness (QED) is 0.675. The van der Waals surface area contributed by atoms with E-state index in [2.05, 4.69) is 23.9 Å². The Hall–Kier alpha value is -0.700. The number of piperazine rings is 1. The third-order valence-corrected chi connectivity index (χ3v) is 7.43. The largest absolute Gasteiger partial charge is 0.338 e. The van der Waals surface area contributed by atoms with Crippen LogP contribution in [0.25, 0.3) is 0 Å². The van der Waals surface area contributed by atoms with Crippen molar-refractivity contribution in [1.82, 2.24) is 19.0 Å². The van der Waals surface area contributed by atoms with Crippen molar-refractivity contribution in [2.45, 2.75) is 37.3 Å². The van der Waals surface area contributed by atoms with E-state index in [0.29, 0.717) is 19.5 Å². The normalized spacial score (nSPS) is 30.1. The summed E-state index contributed by atoms with van der Waals surface area (Å²) in [6, 6.07) is -0.494. The van der Waals surface area contributed by atoms with Crippen molar-refractivity contribution in [3.63, 3.8) is 0 Å². The average Bonchev–Trinajstić information content (AvgIpc) is 3.02. The minimum absolute atomic E-state index is 0.00401. The SMILES string of the molecule is CN1CCC2(CC1)CN(C(=O)[C@H]1CCCN1S(C)(=O)=O)CCN2C. The van der Waals surface area contributed by atoms with Gasteiger partial charge in [-0.2, -0.15) is 4.31 Å². The Balaban J connectivity index is 1.74. The lowest BCUT2D eigenvalue weighted by molar-refractivity contribution is -0.141. The number of hydrogen-bond acceptors (Lipinski definition) is 5. The zero-order chi connectivity index (χ0) is 17.5. The molecule has 3 aliphatic heterocycles. The molecule has 0 bridgehead atoms. The van der Waals surface area contributed by atoms with Crippen molar-refractivity contribution < 1.29 is 13.2 Å². The van der Waals surface area contributed by atoms with Crippen LogP contribution in [0.3, 0.4) is 0 Å². The molecule has 3 saturated heterocycles. The van der Waals surface area contributed by atoms with Crippen LogP contribution in [-0.4, -0.2) is 105 Å². The Kier molecular flexibility index (Phi) is 4.94. The van der Waals surface area contributed by atoms with Gasteiger partial charge in [-0.15, -0.1) is 0 Å². The number of carbonyl (C=O) groups is 1. The van der Waals surface area contributed by atoms with E-state index < -0.39 is 16.1 Å². The van der Waals surface area contributed by atoms with Crippen LogP contribution in [0, 0.1) is 0 Å². The van der Waals surface area contributed by atoms with Gasteiger partial charge in [-0.1, -0.05) is 0 Å². The van der Waals surface area contributed by atoms with E-state index in [0.717, 1.165) is 45.4 Å². The summed E-state index contributed by atoms with van der Waals surface area (Å²) in [5.74, 6) is 0.00401. The molecule has 3 rings (SSSR count). The van der Waals surface area contributed by atoms with Gasteiger partial charge in [0.1, 0.15) is 6.04 Å². The molecule has 0 saturated carbocycles. The molecule has 0 aromatic rings. The van der Waals surface area contributed by atoms with E-state index in [-0.39, 0.29) is 11.4 Å². The standard InChI is InChI=1S/C16H30N4O3S/c1-17-9-6-16(7-10-17)13-19(12-11-18(16)2)15(21)14-5-4-8-20(14)24(3,22)23/h14H,4-13H2,1-3H3/t14-/m1/s1. The first kappa shape index (κ1) is 18.1.